The van der Waals surface area contributed by atoms with Gasteiger partial charge in [0.15, 0.2) is 5.78 Å². The lowest BCUT2D eigenvalue weighted by Crippen LogP contribution is -2.52. The fraction of sp³-hybridized carbons (Fsp3) is 0.222. The summed E-state index contributed by atoms with van der Waals surface area (Å²) in [6.07, 6.45) is -0.835. The predicted octanol–water partition coefficient (Wildman–Crippen LogP) is 1.25. The van der Waals surface area contributed by atoms with E-state index in [1.165, 1.54) is 0 Å². The van der Waals surface area contributed by atoms with Crippen molar-refractivity contribution in [2.75, 3.05) is 0 Å². The maximum absolute atomic E-state index is 12.0. The lowest BCUT2D eigenvalue weighted by Gasteiger charge is -2.16. The molecule has 0 radical (unpaired) electrons. The van der Waals surface area contributed by atoms with Crippen molar-refractivity contribution in [2.45, 2.75) is 12.2 Å². The maximum atomic E-state index is 12.0. The van der Waals surface area contributed by atoms with Crippen molar-refractivity contribution in [3.8, 4) is 0 Å². The van der Waals surface area contributed by atoms with Crippen molar-refractivity contribution >= 4 is 73.6 Å². The standard InChI is InChI=1S/C9H10I3N3O/c10-3-1-4(11)6(5(12)2-3)8(16)7(13)9(14)15/h1-2,7,9H,13-15H2. The molecule has 1 unspecified atom stereocenters. The second-order valence-corrected chi connectivity index (χ2v) is 6.78. The molecular formula is C9H10I3N3O. The van der Waals surface area contributed by atoms with Crippen molar-refractivity contribution in [2.24, 2.45) is 17.2 Å². The van der Waals surface area contributed by atoms with E-state index in [9.17, 15) is 4.79 Å². The molecule has 4 nitrogen and oxygen atoms in total. The summed E-state index contributed by atoms with van der Waals surface area (Å²) in [6, 6.07) is 2.98. The second-order valence-electron chi connectivity index (χ2n) is 3.21. The summed E-state index contributed by atoms with van der Waals surface area (Å²) in [5.74, 6) is -0.208. The Morgan fingerprint density at radius 2 is 1.50 bits per heavy atom. The molecule has 0 bridgehead atoms. The fourth-order valence-electron chi connectivity index (χ4n) is 1.12. The average Bonchev–Trinajstić information content (AvgIpc) is 2.14. The quantitative estimate of drug-likeness (QED) is 0.297. The Morgan fingerprint density at radius 3 is 1.88 bits per heavy atom. The Morgan fingerprint density at radius 1 is 1.06 bits per heavy atom. The first-order valence-corrected chi connectivity index (χ1v) is 7.53. The summed E-state index contributed by atoms with van der Waals surface area (Å²) in [6.45, 7) is 0. The summed E-state index contributed by atoms with van der Waals surface area (Å²) in [5.41, 5.74) is 17.1. The largest absolute Gasteiger partial charge is 0.319 e. The van der Waals surface area contributed by atoms with Crippen LogP contribution in [0.2, 0.25) is 0 Å². The molecule has 0 saturated heterocycles. The number of hydrogen-bond acceptors (Lipinski definition) is 4. The number of rotatable bonds is 3. The molecule has 0 aromatic heterocycles. The minimum absolute atomic E-state index is 0.208. The van der Waals surface area contributed by atoms with Crippen molar-refractivity contribution in [3.63, 3.8) is 0 Å². The van der Waals surface area contributed by atoms with Crippen molar-refractivity contribution in [1.82, 2.24) is 0 Å². The summed E-state index contributed by atoms with van der Waals surface area (Å²) in [7, 11) is 0. The summed E-state index contributed by atoms with van der Waals surface area (Å²) in [4.78, 5) is 12.0. The average molecular weight is 557 g/mol. The van der Waals surface area contributed by atoms with Gasteiger partial charge in [0.2, 0.25) is 0 Å². The number of ketones is 1. The number of hydrogen-bond donors (Lipinski definition) is 3. The third kappa shape index (κ3) is 3.48. The van der Waals surface area contributed by atoms with Crippen LogP contribution in [-0.4, -0.2) is 18.0 Å². The number of carbonyl (C=O) groups excluding carboxylic acids is 1. The molecule has 0 spiro atoms. The minimum atomic E-state index is -0.859. The highest BCUT2D eigenvalue weighted by atomic mass is 127. The topological polar surface area (TPSA) is 95.1 Å². The normalized spacial score (nSPS) is 12.9. The van der Waals surface area contributed by atoms with Crippen LogP contribution in [0.3, 0.4) is 0 Å². The Bertz CT molecular complexity index is 399. The zero-order valence-corrected chi connectivity index (χ0v) is 14.6. The Labute approximate surface area is 134 Å². The smallest absolute Gasteiger partial charge is 0.184 e. The second kappa shape index (κ2) is 6.22. The van der Waals surface area contributed by atoms with Crippen LogP contribution in [0.15, 0.2) is 12.1 Å². The summed E-state index contributed by atoms with van der Waals surface area (Å²) in [5, 5.41) is 0. The van der Waals surface area contributed by atoms with Gasteiger partial charge in [-0.1, -0.05) is 0 Å². The summed E-state index contributed by atoms with van der Waals surface area (Å²) < 4.78 is 2.82. The number of nitrogens with two attached hydrogens (primary N) is 3. The van der Waals surface area contributed by atoms with Gasteiger partial charge in [0.05, 0.1) is 12.2 Å². The molecule has 0 aliphatic carbocycles. The van der Waals surface area contributed by atoms with Gasteiger partial charge in [-0.25, -0.2) is 0 Å². The Balaban J connectivity index is 3.19. The van der Waals surface area contributed by atoms with Crippen LogP contribution < -0.4 is 17.2 Å². The van der Waals surface area contributed by atoms with Crippen molar-refractivity contribution < 1.29 is 4.79 Å². The van der Waals surface area contributed by atoms with Gasteiger partial charge in [0, 0.05) is 16.3 Å². The highest BCUT2D eigenvalue weighted by Crippen LogP contribution is 2.23. The number of halogens is 3. The molecular weight excluding hydrogens is 547 g/mol. The highest BCUT2D eigenvalue weighted by Gasteiger charge is 2.24. The van der Waals surface area contributed by atoms with E-state index in [0.29, 0.717) is 5.56 Å². The Kier molecular flexibility index (Phi) is 5.84. The van der Waals surface area contributed by atoms with Gasteiger partial charge in [0.25, 0.3) is 0 Å². The number of carbonyl (C=O) groups is 1. The minimum Gasteiger partial charge on any atom is -0.319 e. The third-order valence-corrected chi connectivity index (χ3v) is 4.30. The van der Waals surface area contributed by atoms with E-state index in [0.717, 1.165) is 10.7 Å². The van der Waals surface area contributed by atoms with E-state index in [4.69, 9.17) is 17.2 Å². The van der Waals surface area contributed by atoms with Gasteiger partial charge in [-0.3, -0.25) is 4.79 Å². The monoisotopic (exact) mass is 557 g/mol. The van der Waals surface area contributed by atoms with Crippen molar-refractivity contribution in [1.29, 1.82) is 0 Å². The third-order valence-electron chi connectivity index (χ3n) is 1.97. The lowest BCUT2D eigenvalue weighted by atomic mass is 10.0. The molecule has 1 rings (SSSR count). The van der Waals surface area contributed by atoms with Gasteiger partial charge < -0.3 is 17.2 Å². The van der Waals surface area contributed by atoms with Crippen LogP contribution in [0.1, 0.15) is 10.4 Å². The molecule has 1 atom stereocenters. The number of benzene rings is 1. The van der Waals surface area contributed by atoms with Crippen LogP contribution in [0, 0.1) is 10.7 Å². The van der Waals surface area contributed by atoms with E-state index in [1.54, 1.807) is 0 Å². The first-order valence-electron chi connectivity index (χ1n) is 4.30. The summed E-state index contributed by atoms with van der Waals surface area (Å²) >= 11 is 6.43. The molecule has 0 amide bonds. The fourth-order valence-corrected chi connectivity index (χ4v) is 5.23. The van der Waals surface area contributed by atoms with Gasteiger partial charge >= 0.3 is 0 Å². The van der Waals surface area contributed by atoms with Gasteiger partial charge in [-0.2, -0.15) is 0 Å². The zero-order chi connectivity index (χ0) is 12.5. The molecule has 1 aromatic rings. The molecule has 88 valence electrons. The first kappa shape index (κ1) is 15.0. The molecule has 1 aromatic carbocycles. The van der Waals surface area contributed by atoms with Crippen LogP contribution in [-0.2, 0) is 0 Å². The molecule has 0 aliphatic rings. The van der Waals surface area contributed by atoms with E-state index in [1.807, 2.05) is 12.1 Å². The molecule has 0 aliphatic heterocycles. The molecule has 16 heavy (non-hydrogen) atoms. The molecule has 7 heteroatoms. The van der Waals surface area contributed by atoms with E-state index < -0.39 is 12.2 Å². The number of Topliss-reactive ketones (excluding diaryl/α,β-unsaturated/α-hetero) is 1. The van der Waals surface area contributed by atoms with Gasteiger partial charge in [-0.05, 0) is 79.9 Å². The van der Waals surface area contributed by atoms with E-state index in [-0.39, 0.29) is 5.78 Å². The van der Waals surface area contributed by atoms with E-state index in [2.05, 4.69) is 67.8 Å². The zero-order valence-electron chi connectivity index (χ0n) is 8.08. The van der Waals surface area contributed by atoms with Crippen molar-refractivity contribution in [3.05, 3.63) is 28.4 Å². The first-order chi connectivity index (χ1) is 7.34. The molecule has 6 N–H and O–H groups in total. The van der Waals surface area contributed by atoms with Crippen LogP contribution in [0.25, 0.3) is 0 Å². The SMILES string of the molecule is NC(N)C(N)C(=O)c1c(I)cc(I)cc1I. The molecule has 0 heterocycles. The molecule has 0 saturated carbocycles. The highest BCUT2D eigenvalue weighted by molar-refractivity contribution is 14.1. The lowest BCUT2D eigenvalue weighted by molar-refractivity contribution is 0.0949. The van der Waals surface area contributed by atoms with Crippen LogP contribution in [0.4, 0.5) is 0 Å². The predicted molar refractivity (Wildman–Crippen MR) is 89.1 cm³/mol. The Hall–Kier alpha value is 0.960. The van der Waals surface area contributed by atoms with Crippen LogP contribution >= 0.6 is 67.8 Å². The van der Waals surface area contributed by atoms with Gasteiger partial charge in [-0.15, -0.1) is 0 Å². The molecule has 0 fully saturated rings. The van der Waals surface area contributed by atoms with E-state index >= 15 is 0 Å². The van der Waals surface area contributed by atoms with Gasteiger partial charge in [0.1, 0.15) is 0 Å². The van der Waals surface area contributed by atoms with Crippen LogP contribution in [0.5, 0.6) is 0 Å². The maximum Gasteiger partial charge on any atom is 0.184 e.